The number of esters is 2. The molecule has 0 saturated heterocycles. The highest BCUT2D eigenvalue weighted by Gasteiger charge is 2.10. The number of hydrogen-bond donors (Lipinski definition) is 0. The Balaban J connectivity index is 2.30. The molecular weight excluding hydrogens is 268 g/mol. The number of aryl methyl sites for hydroxylation is 1. The van der Waals surface area contributed by atoms with Crippen molar-refractivity contribution in [3.8, 4) is 5.75 Å². The Morgan fingerprint density at radius 1 is 1.10 bits per heavy atom. The molecule has 0 N–H and O–H groups in total. The molecule has 0 fully saturated rings. The van der Waals surface area contributed by atoms with Crippen LogP contribution in [0.4, 0.5) is 0 Å². The van der Waals surface area contributed by atoms with Gasteiger partial charge in [-0.2, -0.15) is 0 Å². The number of hydrogen-bond acceptors (Lipinski definition) is 4. The van der Waals surface area contributed by atoms with Crippen LogP contribution >= 0.6 is 0 Å². The monoisotopic (exact) mass is 292 g/mol. The van der Waals surface area contributed by atoms with Crippen LogP contribution in [-0.4, -0.2) is 18.5 Å². The number of carbonyl (C=O) groups excluding carboxylic acids is 2. The Hall–Kier alpha value is -1.84. The third-order valence-electron chi connectivity index (χ3n) is 2.92. The fraction of sp³-hybridized carbons (Fsp3) is 0.529. The largest absolute Gasteiger partial charge is 0.465 e. The van der Waals surface area contributed by atoms with Gasteiger partial charge in [0.1, 0.15) is 5.75 Å². The molecule has 0 atom stereocenters. The highest BCUT2D eigenvalue weighted by Crippen LogP contribution is 2.19. The van der Waals surface area contributed by atoms with Crippen LogP contribution in [0.5, 0.6) is 5.75 Å². The lowest BCUT2D eigenvalue weighted by molar-refractivity contribution is -0.145. The number of carbonyl (C=O) groups is 2. The lowest BCUT2D eigenvalue weighted by Crippen LogP contribution is -2.12. The normalized spacial score (nSPS) is 10.5. The molecule has 1 rings (SSSR count). The molecule has 0 aliphatic rings. The number of benzene rings is 1. The van der Waals surface area contributed by atoms with Crippen LogP contribution in [0.2, 0.25) is 0 Å². The van der Waals surface area contributed by atoms with E-state index in [1.54, 1.807) is 6.07 Å². The topological polar surface area (TPSA) is 52.6 Å². The van der Waals surface area contributed by atoms with Gasteiger partial charge in [0.25, 0.3) is 0 Å². The van der Waals surface area contributed by atoms with Crippen molar-refractivity contribution in [3.05, 3.63) is 29.8 Å². The van der Waals surface area contributed by atoms with Gasteiger partial charge >= 0.3 is 11.9 Å². The van der Waals surface area contributed by atoms with Gasteiger partial charge in [-0.3, -0.25) is 9.59 Å². The second kappa shape index (κ2) is 9.16. The van der Waals surface area contributed by atoms with E-state index in [1.165, 1.54) is 0 Å². The summed E-state index contributed by atoms with van der Waals surface area (Å²) in [4.78, 5) is 23.2. The molecule has 1 aromatic rings. The van der Waals surface area contributed by atoms with Crippen molar-refractivity contribution in [2.45, 2.75) is 46.5 Å². The molecule has 0 radical (unpaired) electrons. The number of rotatable bonds is 8. The molecule has 0 saturated carbocycles. The molecule has 0 bridgehead atoms. The highest BCUT2D eigenvalue weighted by atomic mass is 16.5. The van der Waals surface area contributed by atoms with E-state index in [1.807, 2.05) is 39.0 Å². The minimum Gasteiger partial charge on any atom is -0.465 e. The SMILES string of the molecule is CCc1ccccc1OC(=O)CCCC(=O)OCC(C)C. The van der Waals surface area contributed by atoms with E-state index < -0.39 is 0 Å². The van der Waals surface area contributed by atoms with Crippen LogP contribution in [0.3, 0.4) is 0 Å². The van der Waals surface area contributed by atoms with Crippen molar-refractivity contribution >= 4 is 11.9 Å². The highest BCUT2D eigenvalue weighted by molar-refractivity contribution is 5.74. The number of para-hydroxylation sites is 1. The molecule has 0 aliphatic carbocycles. The summed E-state index contributed by atoms with van der Waals surface area (Å²) >= 11 is 0. The van der Waals surface area contributed by atoms with E-state index >= 15 is 0 Å². The molecule has 0 amide bonds. The third-order valence-corrected chi connectivity index (χ3v) is 2.92. The van der Waals surface area contributed by atoms with Gasteiger partial charge in [0, 0.05) is 12.8 Å². The van der Waals surface area contributed by atoms with Crippen LogP contribution in [0, 0.1) is 5.92 Å². The summed E-state index contributed by atoms with van der Waals surface area (Å²) in [5.41, 5.74) is 1.00. The van der Waals surface area contributed by atoms with Crippen molar-refractivity contribution in [1.29, 1.82) is 0 Å². The molecule has 4 nitrogen and oxygen atoms in total. The summed E-state index contributed by atoms with van der Waals surface area (Å²) in [6, 6.07) is 7.48. The Bertz CT molecular complexity index is 466. The van der Waals surface area contributed by atoms with Crippen molar-refractivity contribution < 1.29 is 19.1 Å². The van der Waals surface area contributed by atoms with Crippen LogP contribution in [0.25, 0.3) is 0 Å². The molecule has 0 aliphatic heterocycles. The summed E-state index contributed by atoms with van der Waals surface area (Å²) in [6.45, 7) is 6.40. The molecule has 1 aromatic carbocycles. The quantitative estimate of drug-likeness (QED) is 0.543. The van der Waals surface area contributed by atoms with E-state index in [9.17, 15) is 9.59 Å². The maximum Gasteiger partial charge on any atom is 0.311 e. The fourth-order valence-corrected chi connectivity index (χ4v) is 1.78. The van der Waals surface area contributed by atoms with Gasteiger partial charge in [-0.1, -0.05) is 39.0 Å². The molecule has 4 heteroatoms. The van der Waals surface area contributed by atoms with Gasteiger partial charge in [-0.05, 0) is 30.4 Å². The first-order valence-electron chi connectivity index (χ1n) is 7.47. The van der Waals surface area contributed by atoms with Gasteiger partial charge in [0.2, 0.25) is 0 Å². The maximum absolute atomic E-state index is 11.8. The Morgan fingerprint density at radius 2 is 1.76 bits per heavy atom. The minimum atomic E-state index is -0.312. The van der Waals surface area contributed by atoms with Crippen molar-refractivity contribution in [2.75, 3.05) is 6.61 Å². The Morgan fingerprint density at radius 3 is 2.43 bits per heavy atom. The first-order chi connectivity index (χ1) is 10.0. The predicted octanol–water partition coefficient (Wildman–Crippen LogP) is 3.52. The van der Waals surface area contributed by atoms with E-state index in [0.29, 0.717) is 24.7 Å². The molecule has 0 heterocycles. The van der Waals surface area contributed by atoms with Gasteiger partial charge in [0.15, 0.2) is 0 Å². The first-order valence-corrected chi connectivity index (χ1v) is 7.47. The molecule has 116 valence electrons. The first kappa shape index (κ1) is 17.2. The zero-order valence-corrected chi connectivity index (χ0v) is 13.1. The lowest BCUT2D eigenvalue weighted by atomic mass is 10.1. The second-order valence-electron chi connectivity index (χ2n) is 5.37. The van der Waals surface area contributed by atoms with Gasteiger partial charge in [-0.25, -0.2) is 0 Å². The average Bonchev–Trinajstić information content (AvgIpc) is 2.45. The molecule has 0 aromatic heterocycles. The van der Waals surface area contributed by atoms with Crippen LogP contribution in [-0.2, 0) is 20.7 Å². The molecule has 0 unspecified atom stereocenters. The van der Waals surface area contributed by atoms with Crippen LogP contribution in [0.1, 0.15) is 45.6 Å². The molecule has 21 heavy (non-hydrogen) atoms. The summed E-state index contributed by atoms with van der Waals surface area (Å²) in [5, 5.41) is 0. The number of ether oxygens (including phenoxy) is 2. The zero-order chi connectivity index (χ0) is 15.7. The standard InChI is InChI=1S/C17H24O4/c1-4-14-8-5-6-9-15(14)21-17(19)11-7-10-16(18)20-12-13(2)3/h5-6,8-9,13H,4,7,10-12H2,1-3H3. The minimum absolute atomic E-state index is 0.217. The van der Waals surface area contributed by atoms with E-state index in [0.717, 1.165) is 12.0 Å². The van der Waals surface area contributed by atoms with E-state index in [2.05, 4.69) is 0 Å². The van der Waals surface area contributed by atoms with Crippen molar-refractivity contribution in [2.24, 2.45) is 5.92 Å². The smallest absolute Gasteiger partial charge is 0.311 e. The molecular formula is C17H24O4. The summed E-state index contributed by atoms with van der Waals surface area (Å²) in [6.07, 6.45) is 1.72. The predicted molar refractivity (Wildman–Crippen MR) is 81.1 cm³/mol. The zero-order valence-electron chi connectivity index (χ0n) is 13.1. The summed E-state index contributed by atoms with van der Waals surface area (Å²) in [7, 11) is 0. The van der Waals surface area contributed by atoms with Crippen LogP contribution in [0.15, 0.2) is 24.3 Å². The van der Waals surface area contributed by atoms with Gasteiger partial charge in [-0.15, -0.1) is 0 Å². The maximum atomic E-state index is 11.8. The van der Waals surface area contributed by atoms with Gasteiger partial charge in [0.05, 0.1) is 6.61 Å². The third kappa shape index (κ3) is 6.93. The lowest BCUT2D eigenvalue weighted by Gasteiger charge is -2.09. The van der Waals surface area contributed by atoms with E-state index in [4.69, 9.17) is 9.47 Å². The van der Waals surface area contributed by atoms with E-state index in [-0.39, 0.29) is 24.8 Å². The van der Waals surface area contributed by atoms with Crippen LogP contribution < -0.4 is 4.74 Å². The average molecular weight is 292 g/mol. The van der Waals surface area contributed by atoms with Crippen molar-refractivity contribution in [3.63, 3.8) is 0 Å². The van der Waals surface area contributed by atoms with Gasteiger partial charge < -0.3 is 9.47 Å². The fourth-order valence-electron chi connectivity index (χ4n) is 1.78. The summed E-state index contributed by atoms with van der Waals surface area (Å²) < 4.78 is 10.4. The summed E-state index contributed by atoms with van der Waals surface area (Å²) in [5.74, 6) is 0.356. The van der Waals surface area contributed by atoms with Crippen molar-refractivity contribution in [1.82, 2.24) is 0 Å². The second-order valence-corrected chi connectivity index (χ2v) is 5.37. The Labute approximate surface area is 126 Å². The Kier molecular flexibility index (Phi) is 7.51. The molecule has 0 spiro atoms.